The highest BCUT2D eigenvalue weighted by Gasteiger charge is 2.09. The third-order valence-electron chi connectivity index (χ3n) is 3.16. The SMILES string of the molecule is C=C/C=C\C(=C(/C)N)[N+](=O)[O-].CC.NC1=C(O)CC=Cc2ccccc21. The first-order valence-electron chi connectivity index (χ1n) is 8.21. The van der Waals surface area contributed by atoms with Crippen LogP contribution in [-0.2, 0) is 0 Å². The Kier molecular flexibility index (Phi) is 10.6. The van der Waals surface area contributed by atoms with Crippen LogP contribution >= 0.6 is 0 Å². The van der Waals surface area contributed by atoms with E-state index in [1.54, 1.807) is 0 Å². The lowest BCUT2D eigenvalue weighted by Crippen LogP contribution is -2.04. The van der Waals surface area contributed by atoms with Crippen molar-refractivity contribution in [3.05, 3.63) is 93.5 Å². The van der Waals surface area contributed by atoms with Crippen LogP contribution in [0, 0.1) is 10.1 Å². The molecule has 6 nitrogen and oxygen atoms in total. The molecule has 140 valence electrons. The number of hydrogen-bond acceptors (Lipinski definition) is 5. The van der Waals surface area contributed by atoms with E-state index in [0.29, 0.717) is 12.1 Å². The van der Waals surface area contributed by atoms with Gasteiger partial charge < -0.3 is 16.6 Å². The lowest BCUT2D eigenvalue weighted by molar-refractivity contribution is -0.420. The van der Waals surface area contributed by atoms with Crippen molar-refractivity contribution in [1.29, 1.82) is 0 Å². The van der Waals surface area contributed by atoms with Crippen LogP contribution in [0.4, 0.5) is 0 Å². The van der Waals surface area contributed by atoms with Gasteiger partial charge in [0, 0.05) is 18.1 Å². The predicted molar refractivity (Wildman–Crippen MR) is 108 cm³/mol. The fourth-order valence-corrected chi connectivity index (χ4v) is 1.95. The minimum Gasteiger partial charge on any atom is -0.510 e. The second kappa shape index (κ2) is 12.1. The fourth-order valence-electron chi connectivity index (χ4n) is 1.95. The molecule has 0 aromatic heterocycles. The number of nitrogens with zero attached hydrogens (tertiary/aromatic N) is 1. The Labute approximate surface area is 154 Å². The summed E-state index contributed by atoms with van der Waals surface area (Å²) < 4.78 is 0. The summed E-state index contributed by atoms with van der Waals surface area (Å²) in [6, 6.07) is 7.77. The molecule has 0 unspecified atom stereocenters. The van der Waals surface area contributed by atoms with E-state index in [1.807, 2.05) is 50.3 Å². The molecule has 0 atom stereocenters. The Morgan fingerprint density at radius 1 is 1.35 bits per heavy atom. The van der Waals surface area contributed by atoms with E-state index in [4.69, 9.17) is 11.5 Å². The first-order valence-corrected chi connectivity index (χ1v) is 8.21. The molecule has 0 saturated heterocycles. The summed E-state index contributed by atoms with van der Waals surface area (Å²) in [5, 5.41) is 19.7. The molecule has 0 spiro atoms. The minimum absolute atomic E-state index is 0.0927. The maximum absolute atomic E-state index is 10.2. The van der Waals surface area contributed by atoms with Crippen LogP contribution in [0.5, 0.6) is 0 Å². The van der Waals surface area contributed by atoms with Crippen molar-refractivity contribution in [1.82, 2.24) is 0 Å². The fraction of sp³-hybridized carbons (Fsp3) is 0.200. The highest BCUT2D eigenvalue weighted by Crippen LogP contribution is 2.23. The smallest absolute Gasteiger partial charge is 0.287 e. The van der Waals surface area contributed by atoms with Crippen molar-refractivity contribution in [2.75, 3.05) is 0 Å². The van der Waals surface area contributed by atoms with Gasteiger partial charge >= 0.3 is 0 Å². The number of aliphatic hydroxyl groups excluding tert-OH is 1. The van der Waals surface area contributed by atoms with Crippen LogP contribution in [0.1, 0.15) is 38.3 Å². The van der Waals surface area contributed by atoms with Crippen LogP contribution < -0.4 is 11.5 Å². The number of nitrogens with two attached hydrogens (primary N) is 2. The van der Waals surface area contributed by atoms with Gasteiger partial charge in [-0.1, -0.05) is 69.0 Å². The van der Waals surface area contributed by atoms with E-state index >= 15 is 0 Å². The maximum atomic E-state index is 10.2. The van der Waals surface area contributed by atoms with Gasteiger partial charge in [0.1, 0.15) is 5.76 Å². The van der Waals surface area contributed by atoms with Crippen LogP contribution in [-0.4, -0.2) is 10.0 Å². The summed E-state index contributed by atoms with van der Waals surface area (Å²) in [7, 11) is 0. The van der Waals surface area contributed by atoms with E-state index < -0.39 is 4.92 Å². The van der Waals surface area contributed by atoms with Crippen molar-refractivity contribution in [2.24, 2.45) is 11.5 Å². The Morgan fingerprint density at radius 2 is 1.96 bits per heavy atom. The summed E-state index contributed by atoms with van der Waals surface area (Å²) >= 11 is 0. The quantitative estimate of drug-likeness (QED) is 0.418. The molecule has 0 aliphatic heterocycles. The van der Waals surface area contributed by atoms with Gasteiger partial charge in [0.2, 0.25) is 0 Å². The van der Waals surface area contributed by atoms with Crippen molar-refractivity contribution < 1.29 is 10.0 Å². The van der Waals surface area contributed by atoms with Gasteiger partial charge in [-0.15, -0.1) is 0 Å². The normalized spacial score (nSPS) is 13.3. The molecule has 0 amide bonds. The van der Waals surface area contributed by atoms with Gasteiger partial charge in [-0.3, -0.25) is 10.1 Å². The third-order valence-corrected chi connectivity index (χ3v) is 3.16. The van der Waals surface area contributed by atoms with Gasteiger partial charge in [-0.25, -0.2) is 0 Å². The van der Waals surface area contributed by atoms with E-state index in [9.17, 15) is 15.2 Å². The molecular weight excluding hydrogens is 330 g/mol. The van der Waals surface area contributed by atoms with Crippen LogP contribution in [0.3, 0.4) is 0 Å². The highest BCUT2D eigenvalue weighted by molar-refractivity contribution is 5.75. The van der Waals surface area contributed by atoms with Crippen LogP contribution in [0.15, 0.2) is 72.3 Å². The lowest BCUT2D eigenvalue weighted by atomic mass is 10.1. The van der Waals surface area contributed by atoms with Crippen molar-refractivity contribution in [3.63, 3.8) is 0 Å². The van der Waals surface area contributed by atoms with E-state index in [0.717, 1.165) is 11.1 Å². The second-order valence-electron chi connectivity index (χ2n) is 4.97. The monoisotopic (exact) mass is 357 g/mol. The van der Waals surface area contributed by atoms with Gasteiger partial charge in [-0.2, -0.15) is 0 Å². The Bertz CT molecular complexity index is 740. The molecule has 0 fully saturated rings. The predicted octanol–water partition coefficient (Wildman–Crippen LogP) is 4.51. The molecule has 6 heteroatoms. The molecule has 0 heterocycles. The maximum Gasteiger partial charge on any atom is 0.287 e. The molecule has 0 radical (unpaired) electrons. The zero-order valence-corrected chi connectivity index (χ0v) is 15.5. The number of nitro groups is 1. The van der Waals surface area contributed by atoms with E-state index in [2.05, 4.69) is 6.58 Å². The number of rotatable bonds is 3. The Hall–Kier alpha value is -3.28. The van der Waals surface area contributed by atoms with Gasteiger partial charge in [0.25, 0.3) is 5.70 Å². The largest absolute Gasteiger partial charge is 0.510 e. The Balaban J connectivity index is 0.000000446. The summed E-state index contributed by atoms with van der Waals surface area (Å²) in [5.41, 5.74) is 13.6. The molecule has 1 aromatic rings. The Morgan fingerprint density at radius 3 is 2.50 bits per heavy atom. The number of benzene rings is 1. The molecule has 0 saturated carbocycles. The highest BCUT2D eigenvalue weighted by atomic mass is 16.6. The van der Waals surface area contributed by atoms with Crippen molar-refractivity contribution in [3.8, 4) is 0 Å². The topological polar surface area (TPSA) is 115 Å². The van der Waals surface area contributed by atoms with Crippen molar-refractivity contribution >= 4 is 11.8 Å². The third kappa shape index (κ3) is 7.09. The molecule has 5 N–H and O–H groups in total. The standard InChI is InChI=1S/C11H11NO.C7H10N2O2.C2H6/c12-11-9-6-2-1-4-8(9)5-3-7-10(11)13;1-3-4-5-7(6(2)8)9(10)11;1-2/h1-6,13H,7,12H2;3-5H,1,8H2,2H3;1-2H3/b;5-4-,7-6-;. The van der Waals surface area contributed by atoms with Crippen molar-refractivity contribution in [2.45, 2.75) is 27.2 Å². The van der Waals surface area contributed by atoms with Crippen LogP contribution in [0.25, 0.3) is 11.8 Å². The van der Waals surface area contributed by atoms with Gasteiger partial charge in [0.15, 0.2) is 0 Å². The zero-order valence-electron chi connectivity index (χ0n) is 15.5. The molecular formula is C20H27N3O3. The molecule has 2 rings (SSSR count). The van der Waals surface area contributed by atoms with Crippen LogP contribution in [0.2, 0.25) is 0 Å². The number of hydrogen-bond donors (Lipinski definition) is 3. The zero-order chi connectivity index (χ0) is 20.1. The average Bonchev–Trinajstić information content (AvgIpc) is 2.77. The molecule has 1 aliphatic carbocycles. The number of fused-ring (bicyclic) bond motifs is 1. The number of allylic oxidation sites excluding steroid dienone is 5. The first-order chi connectivity index (χ1) is 12.4. The number of aliphatic hydroxyl groups is 1. The van der Waals surface area contributed by atoms with Gasteiger partial charge in [0.05, 0.1) is 16.3 Å². The average molecular weight is 357 g/mol. The van der Waals surface area contributed by atoms with E-state index in [-0.39, 0.29) is 17.2 Å². The second-order valence-corrected chi connectivity index (χ2v) is 4.97. The summed E-state index contributed by atoms with van der Waals surface area (Å²) in [6.07, 6.45) is 8.63. The minimum atomic E-state index is -0.532. The summed E-state index contributed by atoms with van der Waals surface area (Å²) in [6.45, 7) is 8.86. The lowest BCUT2D eigenvalue weighted by Gasteiger charge is -2.05. The molecule has 1 aliphatic rings. The summed E-state index contributed by atoms with van der Waals surface area (Å²) in [4.78, 5) is 9.70. The summed E-state index contributed by atoms with van der Waals surface area (Å²) in [5.74, 6) is 0.251. The molecule has 0 bridgehead atoms. The molecule has 1 aromatic carbocycles. The first kappa shape index (κ1) is 22.7. The molecule has 26 heavy (non-hydrogen) atoms. The van der Waals surface area contributed by atoms with Gasteiger partial charge in [-0.05, 0) is 12.5 Å². The van der Waals surface area contributed by atoms with E-state index in [1.165, 1.54) is 25.2 Å².